The molecule has 0 aliphatic carbocycles. The molecule has 1 aromatic rings. The highest BCUT2D eigenvalue weighted by Gasteiger charge is 2.41. The molecule has 1 N–H and O–H groups in total. The van der Waals surface area contributed by atoms with Gasteiger partial charge in [0.15, 0.2) is 0 Å². The van der Waals surface area contributed by atoms with Crippen LogP contribution >= 0.6 is 0 Å². The van der Waals surface area contributed by atoms with E-state index in [1.807, 2.05) is 0 Å². The maximum atomic E-state index is 13.0. The topological polar surface area (TPSA) is 52.7 Å². The number of rotatable bonds is 2. The fourth-order valence-electron chi connectivity index (χ4n) is 3.74. The van der Waals surface area contributed by atoms with Crippen LogP contribution in [-0.4, -0.2) is 54.8 Å². The molecular formula is C18H22F3N3O2. The highest BCUT2D eigenvalue weighted by molar-refractivity contribution is 5.85. The lowest BCUT2D eigenvalue weighted by Gasteiger charge is -2.41. The molecule has 8 heteroatoms. The predicted octanol–water partition coefficient (Wildman–Crippen LogP) is 2.05. The third kappa shape index (κ3) is 3.70. The van der Waals surface area contributed by atoms with E-state index in [2.05, 4.69) is 5.32 Å². The summed E-state index contributed by atoms with van der Waals surface area (Å²) in [5.41, 5.74) is -0.182. The minimum absolute atomic E-state index is 0.0317. The molecule has 0 aromatic heterocycles. The molecule has 2 unspecified atom stereocenters. The van der Waals surface area contributed by atoms with Crippen LogP contribution in [0.4, 0.5) is 13.2 Å². The van der Waals surface area contributed by atoms with Crippen LogP contribution in [0.2, 0.25) is 0 Å². The molecule has 2 saturated heterocycles. The van der Waals surface area contributed by atoms with Crippen molar-refractivity contribution in [1.82, 2.24) is 15.1 Å². The minimum atomic E-state index is -4.41. The second kappa shape index (κ2) is 7.26. The summed E-state index contributed by atoms with van der Waals surface area (Å²) in [5.74, 6) is -0.567. The third-order valence-electron chi connectivity index (χ3n) is 5.19. The average molecular weight is 369 g/mol. The lowest BCUT2D eigenvalue weighted by molar-refractivity contribution is -0.147. The van der Waals surface area contributed by atoms with Crippen LogP contribution in [0.15, 0.2) is 24.3 Å². The molecule has 3 rings (SSSR count). The van der Waals surface area contributed by atoms with Gasteiger partial charge in [0.05, 0.1) is 17.5 Å². The van der Waals surface area contributed by atoms with Crippen molar-refractivity contribution in [3.8, 4) is 0 Å². The highest BCUT2D eigenvalue weighted by atomic mass is 19.4. The molecule has 5 nitrogen and oxygen atoms in total. The van der Waals surface area contributed by atoms with Crippen molar-refractivity contribution in [1.29, 1.82) is 0 Å². The Morgan fingerprint density at radius 2 is 1.77 bits per heavy atom. The Hall–Kier alpha value is -2.09. The van der Waals surface area contributed by atoms with E-state index in [4.69, 9.17) is 0 Å². The van der Waals surface area contributed by atoms with Crippen molar-refractivity contribution in [3.63, 3.8) is 0 Å². The maximum Gasteiger partial charge on any atom is 0.416 e. The lowest BCUT2D eigenvalue weighted by atomic mass is 9.83. The fraction of sp³-hybridized carbons (Fsp3) is 0.556. The number of carbonyl (C=O) groups is 2. The summed E-state index contributed by atoms with van der Waals surface area (Å²) in [6.45, 7) is 2.65. The number of alkyl halides is 3. The van der Waals surface area contributed by atoms with E-state index >= 15 is 0 Å². The first-order valence-electron chi connectivity index (χ1n) is 8.71. The zero-order valence-corrected chi connectivity index (χ0v) is 14.6. The SMILES string of the molecule is CN1C(=O)CCC(C(=O)N2CCNCC2)C1c1ccc(C(F)(F)F)cc1. The van der Waals surface area contributed by atoms with Crippen molar-refractivity contribution >= 4 is 11.8 Å². The maximum absolute atomic E-state index is 13.0. The largest absolute Gasteiger partial charge is 0.416 e. The Balaban J connectivity index is 1.88. The molecule has 2 heterocycles. The van der Waals surface area contributed by atoms with Gasteiger partial charge in [0, 0.05) is 39.6 Å². The van der Waals surface area contributed by atoms with Gasteiger partial charge in [-0.25, -0.2) is 0 Å². The van der Waals surface area contributed by atoms with Crippen molar-refractivity contribution in [2.45, 2.75) is 25.1 Å². The predicted molar refractivity (Wildman–Crippen MR) is 89.1 cm³/mol. The molecule has 1 aromatic carbocycles. The van der Waals surface area contributed by atoms with E-state index < -0.39 is 23.7 Å². The van der Waals surface area contributed by atoms with Gasteiger partial charge in [-0.05, 0) is 24.1 Å². The van der Waals surface area contributed by atoms with E-state index in [0.717, 1.165) is 25.2 Å². The third-order valence-corrected chi connectivity index (χ3v) is 5.19. The molecule has 2 amide bonds. The number of likely N-dealkylation sites (tertiary alicyclic amines) is 1. The zero-order chi connectivity index (χ0) is 18.9. The summed E-state index contributed by atoms with van der Waals surface area (Å²) in [7, 11) is 1.61. The molecule has 0 bridgehead atoms. The number of nitrogens with one attached hydrogen (secondary N) is 1. The van der Waals surface area contributed by atoms with Gasteiger partial charge in [-0.15, -0.1) is 0 Å². The Labute approximate surface area is 150 Å². The van der Waals surface area contributed by atoms with Crippen LogP contribution < -0.4 is 5.32 Å². The number of halogens is 3. The Bertz CT molecular complexity index is 669. The standard InChI is InChI=1S/C18H22F3N3O2/c1-23-15(25)7-6-14(17(26)24-10-8-22-9-11-24)16(23)12-2-4-13(5-3-12)18(19,20)21/h2-5,14,16,22H,6-11H2,1H3. The number of amides is 2. The van der Waals surface area contributed by atoms with E-state index in [1.54, 1.807) is 11.9 Å². The van der Waals surface area contributed by atoms with E-state index in [-0.39, 0.29) is 18.2 Å². The molecule has 2 atom stereocenters. The number of carbonyl (C=O) groups excluding carboxylic acids is 2. The number of nitrogens with zero attached hydrogens (tertiary/aromatic N) is 2. The van der Waals surface area contributed by atoms with Gasteiger partial charge in [0.2, 0.25) is 11.8 Å². The van der Waals surface area contributed by atoms with Crippen LogP contribution in [0.1, 0.15) is 30.0 Å². The summed E-state index contributed by atoms with van der Waals surface area (Å²) in [6, 6.07) is 4.23. The van der Waals surface area contributed by atoms with Crippen LogP contribution in [0.3, 0.4) is 0 Å². The molecule has 2 aliphatic rings. The monoisotopic (exact) mass is 369 g/mol. The van der Waals surface area contributed by atoms with E-state index in [1.165, 1.54) is 17.0 Å². The number of hydrogen-bond acceptors (Lipinski definition) is 3. The number of piperidine rings is 1. The molecule has 26 heavy (non-hydrogen) atoms. The van der Waals surface area contributed by atoms with Gasteiger partial charge in [-0.1, -0.05) is 12.1 Å². The van der Waals surface area contributed by atoms with Crippen LogP contribution in [0, 0.1) is 5.92 Å². The highest BCUT2D eigenvalue weighted by Crippen LogP contribution is 2.38. The molecule has 0 radical (unpaired) electrons. The fourth-order valence-corrected chi connectivity index (χ4v) is 3.74. The number of hydrogen-bond donors (Lipinski definition) is 1. The minimum Gasteiger partial charge on any atom is -0.340 e. The van der Waals surface area contributed by atoms with Crippen LogP contribution in [0.25, 0.3) is 0 Å². The first kappa shape index (κ1) is 18.7. The second-order valence-electron chi connectivity index (χ2n) is 6.79. The van der Waals surface area contributed by atoms with Gasteiger partial charge >= 0.3 is 6.18 Å². The second-order valence-corrected chi connectivity index (χ2v) is 6.79. The molecule has 2 fully saturated rings. The summed E-state index contributed by atoms with van der Waals surface area (Å²) in [6.07, 6.45) is -3.73. The van der Waals surface area contributed by atoms with Gasteiger partial charge in [0.1, 0.15) is 0 Å². The normalized spacial score (nSPS) is 24.7. The lowest BCUT2D eigenvalue weighted by Crippen LogP contribution is -2.52. The Kier molecular flexibility index (Phi) is 5.22. The summed E-state index contributed by atoms with van der Waals surface area (Å²) in [5, 5.41) is 3.19. The molecule has 2 aliphatic heterocycles. The van der Waals surface area contributed by atoms with Crippen molar-refractivity contribution in [2.75, 3.05) is 33.2 Å². The van der Waals surface area contributed by atoms with Crippen LogP contribution in [0.5, 0.6) is 0 Å². The summed E-state index contributed by atoms with van der Waals surface area (Å²) in [4.78, 5) is 28.4. The average Bonchev–Trinajstić information content (AvgIpc) is 2.63. The van der Waals surface area contributed by atoms with Crippen molar-refractivity contribution in [3.05, 3.63) is 35.4 Å². The van der Waals surface area contributed by atoms with Gasteiger partial charge in [0.25, 0.3) is 0 Å². The summed E-state index contributed by atoms with van der Waals surface area (Å²) >= 11 is 0. The molecule has 142 valence electrons. The van der Waals surface area contributed by atoms with E-state index in [9.17, 15) is 22.8 Å². The van der Waals surface area contributed by atoms with Gasteiger partial charge in [-0.2, -0.15) is 13.2 Å². The quantitative estimate of drug-likeness (QED) is 0.868. The summed E-state index contributed by atoms with van der Waals surface area (Å²) < 4.78 is 38.5. The first-order valence-corrected chi connectivity index (χ1v) is 8.71. The Morgan fingerprint density at radius 3 is 2.35 bits per heavy atom. The Morgan fingerprint density at radius 1 is 1.15 bits per heavy atom. The smallest absolute Gasteiger partial charge is 0.340 e. The van der Waals surface area contributed by atoms with Gasteiger partial charge < -0.3 is 15.1 Å². The first-order chi connectivity index (χ1) is 12.3. The zero-order valence-electron chi connectivity index (χ0n) is 14.6. The number of benzene rings is 1. The molecule has 0 saturated carbocycles. The molecular weight excluding hydrogens is 347 g/mol. The van der Waals surface area contributed by atoms with Gasteiger partial charge in [-0.3, -0.25) is 9.59 Å². The van der Waals surface area contributed by atoms with Crippen LogP contribution in [-0.2, 0) is 15.8 Å². The van der Waals surface area contributed by atoms with E-state index in [0.29, 0.717) is 25.1 Å². The number of piperazine rings is 1. The van der Waals surface area contributed by atoms with Crippen molar-refractivity contribution < 1.29 is 22.8 Å². The molecule has 0 spiro atoms. The van der Waals surface area contributed by atoms with Crippen molar-refractivity contribution in [2.24, 2.45) is 5.92 Å².